The van der Waals surface area contributed by atoms with E-state index >= 15 is 0 Å². The number of hydrogen-bond acceptors (Lipinski definition) is 3. The molecular formula is C8H11NO3S. The molecule has 0 atom stereocenters. The minimum absolute atomic E-state index is 0.0735. The van der Waals surface area contributed by atoms with Crippen molar-refractivity contribution >= 4 is 9.84 Å². The van der Waals surface area contributed by atoms with Gasteiger partial charge in [0, 0.05) is 37.3 Å². The number of hydrogen-bond donors (Lipinski definition) is 0. The normalized spacial score (nSPS) is 11.5. The maximum Gasteiger partial charge on any atom is 0.181 e. The molecule has 0 aliphatic rings. The van der Waals surface area contributed by atoms with Crippen LogP contribution in [-0.2, 0) is 16.4 Å². The van der Waals surface area contributed by atoms with Crippen LogP contribution in [-0.4, -0.2) is 25.0 Å². The third kappa shape index (κ3) is 3.89. The molecule has 0 N–H and O–H groups in total. The molecule has 1 rings (SSSR count). The van der Waals surface area contributed by atoms with Crippen molar-refractivity contribution in [1.29, 1.82) is 0 Å². The molecule has 1 aromatic heterocycles. The summed E-state index contributed by atoms with van der Waals surface area (Å²) in [6, 6.07) is 2.81. The molecule has 1 aromatic rings. The highest BCUT2D eigenvalue weighted by molar-refractivity contribution is 7.90. The molecule has 4 nitrogen and oxygen atoms in total. The van der Waals surface area contributed by atoms with E-state index in [9.17, 15) is 13.2 Å². The molecule has 0 aromatic carbocycles. The Morgan fingerprint density at radius 3 is 2.31 bits per heavy atom. The van der Waals surface area contributed by atoms with Gasteiger partial charge in [-0.05, 0) is 0 Å². The van der Waals surface area contributed by atoms with Gasteiger partial charge in [0.1, 0.15) is 9.84 Å². The van der Waals surface area contributed by atoms with Crippen LogP contribution in [0.2, 0.25) is 0 Å². The van der Waals surface area contributed by atoms with E-state index in [1.54, 1.807) is 17.0 Å². The first-order valence-corrected chi connectivity index (χ1v) is 5.87. The first-order valence-electron chi connectivity index (χ1n) is 3.81. The Hall–Kier alpha value is -1.10. The molecule has 0 aliphatic heterocycles. The molecule has 13 heavy (non-hydrogen) atoms. The van der Waals surface area contributed by atoms with Crippen LogP contribution in [0, 0.1) is 0 Å². The van der Waals surface area contributed by atoms with Gasteiger partial charge in [0.25, 0.3) is 0 Å². The number of aryl methyl sites for hydroxylation is 1. The molecule has 0 spiro atoms. The van der Waals surface area contributed by atoms with E-state index in [0.29, 0.717) is 6.54 Å². The second-order valence-corrected chi connectivity index (χ2v) is 5.16. The smallest absolute Gasteiger partial charge is 0.181 e. The van der Waals surface area contributed by atoms with Gasteiger partial charge in [-0.25, -0.2) is 8.42 Å². The zero-order valence-electron chi connectivity index (χ0n) is 7.30. The standard InChI is InChI=1S/C8H11NO3S/c1-13(11,12)7-6-9-4-2-8(10)3-5-9/h2-5H,6-7H2,1H3. The van der Waals surface area contributed by atoms with E-state index in [1.807, 2.05) is 0 Å². The molecule has 0 aliphatic carbocycles. The van der Waals surface area contributed by atoms with Gasteiger partial charge < -0.3 is 4.57 Å². The van der Waals surface area contributed by atoms with Crippen LogP contribution in [0.4, 0.5) is 0 Å². The van der Waals surface area contributed by atoms with Gasteiger partial charge in [-0.3, -0.25) is 4.79 Å². The Morgan fingerprint density at radius 2 is 1.85 bits per heavy atom. The van der Waals surface area contributed by atoms with Crippen LogP contribution < -0.4 is 5.43 Å². The number of aromatic nitrogens is 1. The van der Waals surface area contributed by atoms with Gasteiger partial charge in [0.15, 0.2) is 5.43 Å². The van der Waals surface area contributed by atoms with Crippen molar-refractivity contribution in [3.63, 3.8) is 0 Å². The summed E-state index contributed by atoms with van der Waals surface area (Å²) in [5.74, 6) is 0.0931. The molecule has 0 radical (unpaired) electrons. The van der Waals surface area contributed by atoms with Gasteiger partial charge in [-0.15, -0.1) is 0 Å². The first kappa shape index (κ1) is 9.98. The van der Waals surface area contributed by atoms with Crippen molar-refractivity contribution in [2.45, 2.75) is 6.54 Å². The number of sulfone groups is 1. The van der Waals surface area contributed by atoms with E-state index in [2.05, 4.69) is 0 Å². The quantitative estimate of drug-likeness (QED) is 0.685. The summed E-state index contributed by atoms with van der Waals surface area (Å²) < 4.78 is 23.3. The summed E-state index contributed by atoms with van der Waals surface area (Å²) in [5, 5.41) is 0. The van der Waals surface area contributed by atoms with Crippen molar-refractivity contribution in [2.24, 2.45) is 0 Å². The number of rotatable bonds is 3. The van der Waals surface area contributed by atoms with Crippen molar-refractivity contribution in [3.05, 3.63) is 34.7 Å². The van der Waals surface area contributed by atoms with E-state index in [4.69, 9.17) is 0 Å². The van der Waals surface area contributed by atoms with Gasteiger partial charge >= 0.3 is 0 Å². The monoisotopic (exact) mass is 201 g/mol. The summed E-state index contributed by atoms with van der Waals surface area (Å²) >= 11 is 0. The van der Waals surface area contributed by atoms with Gasteiger partial charge in [0.2, 0.25) is 0 Å². The Labute approximate surface area is 76.7 Å². The van der Waals surface area contributed by atoms with Crippen LogP contribution in [0.15, 0.2) is 29.3 Å². The Bertz CT molecular complexity index is 412. The number of pyridine rings is 1. The van der Waals surface area contributed by atoms with Gasteiger partial charge in [0.05, 0.1) is 5.75 Å². The molecule has 0 bridgehead atoms. The molecule has 0 fully saturated rings. The molecule has 0 amide bonds. The van der Waals surface area contributed by atoms with E-state index in [1.165, 1.54) is 18.4 Å². The highest BCUT2D eigenvalue weighted by Crippen LogP contribution is 1.89. The van der Waals surface area contributed by atoms with Crippen molar-refractivity contribution in [3.8, 4) is 0 Å². The predicted molar refractivity (Wildman–Crippen MR) is 50.4 cm³/mol. The van der Waals surface area contributed by atoms with Gasteiger partial charge in [-0.2, -0.15) is 0 Å². The molecular weight excluding hydrogens is 190 g/mol. The van der Waals surface area contributed by atoms with E-state index < -0.39 is 9.84 Å². The van der Waals surface area contributed by atoms with Crippen molar-refractivity contribution in [2.75, 3.05) is 12.0 Å². The lowest BCUT2D eigenvalue weighted by atomic mass is 10.5. The summed E-state index contributed by atoms with van der Waals surface area (Å²) in [7, 11) is -2.93. The average Bonchev–Trinajstić information content (AvgIpc) is 2.02. The van der Waals surface area contributed by atoms with E-state index in [-0.39, 0.29) is 11.2 Å². The molecule has 0 saturated carbocycles. The molecule has 5 heteroatoms. The molecule has 0 unspecified atom stereocenters. The Kier molecular flexibility index (Phi) is 2.87. The second-order valence-electron chi connectivity index (χ2n) is 2.90. The van der Waals surface area contributed by atoms with Crippen LogP contribution >= 0.6 is 0 Å². The van der Waals surface area contributed by atoms with Crippen molar-refractivity contribution in [1.82, 2.24) is 4.57 Å². The minimum Gasteiger partial charge on any atom is -0.353 e. The maximum absolute atomic E-state index is 10.8. The summed E-state index contributed by atoms with van der Waals surface area (Å²) in [6.07, 6.45) is 4.34. The predicted octanol–water partition coefficient (Wildman–Crippen LogP) is -0.107. The highest BCUT2D eigenvalue weighted by Gasteiger charge is 2.00. The lowest BCUT2D eigenvalue weighted by Gasteiger charge is -2.03. The number of nitrogens with zero attached hydrogens (tertiary/aromatic N) is 1. The molecule has 72 valence electrons. The lowest BCUT2D eigenvalue weighted by Crippen LogP contribution is -2.12. The van der Waals surface area contributed by atoms with Gasteiger partial charge in [-0.1, -0.05) is 0 Å². The summed E-state index contributed by atoms with van der Waals surface area (Å²) in [6.45, 7) is 0.388. The largest absolute Gasteiger partial charge is 0.353 e. The fraction of sp³-hybridized carbons (Fsp3) is 0.375. The van der Waals surface area contributed by atoms with Crippen LogP contribution in [0.5, 0.6) is 0 Å². The Morgan fingerprint density at radius 1 is 1.31 bits per heavy atom. The summed E-state index contributed by atoms with van der Waals surface area (Å²) in [5.41, 5.74) is -0.0735. The third-order valence-corrected chi connectivity index (χ3v) is 2.50. The molecule has 0 saturated heterocycles. The van der Waals surface area contributed by atoms with E-state index in [0.717, 1.165) is 0 Å². The van der Waals surface area contributed by atoms with Crippen LogP contribution in [0.1, 0.15) is 0 Å². The average molecular weight is 201 g/mol. The first-order chi connectivity index (χ1) is 5.97. The minimum atomic E-state index is -2.93. The third-order valence-electron chi connectivity index (χ3n) is 1.58. The fourth-order valence-electron chi connectivity index (χ4n) is 0.864. The molecule has 1 heterocycles. The van der Waals surface area contributed by atoms with Crippen molar-refractivity contribution < 1.29 is 8.42 Å². The SMILES string of the molecule is CS(=O)(=O)CCn1ccc(=O)cc1. The highest BCUT2D eigenvalue weighted by atomic mass is 32.2. The summed E-state index contributed by atoms with van der Waals surface area (Å²) in [4.78, 5) is 10.7. The Balaban J connectivity index is 2.66. The zero-order chi connectivity index (χ0) is 9.90. The fourth-order valence-corrected chi connectivity index (χ4v) is 1.41. The topological polar surface area (TPSA) is 56.1 Å². The lowest BCUT2D eigenvalue weighted by molar-refractivity contribution is 0.594. The van der Waals surface area contributed by atoms with Crippen LogP contribution in [0.25, 0.3) is 0 Å². The maximum atomic E-state index is 10.8. The second kappa shape index (κ2) is 3.74. The van der Waals surface area contributed by atoms with Crippen LogP contribution in [0.3, 0.4) is 0 Å². The zero-order valence-corrected chi connectivity index (χ0v) is 8.12.